The molecule has 0 saturated carbocycles. The standard InChI is InChI=1S/C12H22N/c1-10-6-4-8-13-9-5-7-12(2,3)11(10)13/h10H,4-9H2,1-3H3/q+1. The first-order valence-electron chi connectivity index (χ1n) is 5.73. The zero-order valence-electron chi connectivity index (χ0n) is 9.27. The molecule has 0 saturated heterocycles. The van der Waals surface area contributed by atoms with Gasteiger partial charge in [0.25, 0.3) is 0 Å². The van der Waals surface area contributed by atoms with Crippen LogP contribution in [0, 0.1) is 11.3 Å². The molecule has 0 fully saturated rings. The molecular weight excluding hydrogens is 158 g/mol. The molecule has 0 amide bonds. The Balaban J connectivity index is 2.37. The highest BCUT2D eigenvalue weighted by molar-refractivity contribution is 5.87. The monoisotopic (exact) mass is 180 g/mol. The molecule has 2 aliphatic rings. The summed E-state index contributed by atoms with van der Waals surface area (Å²) in [6.45, 7) is 9.91. The lowest BCUT2D eigenvalue weighted by molar-refractivity contribution is -0.544. The first kappa shape index (κ1) is 9.23. The van der Waals surface area contributed by atoms with Crippen LogP contribution in [0.5, 0.6) is 0 Å². The minimum Gasteiger partial charge on any atom is -0.236 e. The van der Waals surface area contributed by atoms with Gasteiger partial charge in [-0.15, -0.1) is 0 Å². The van der Waals surface area contributed by atoms with Crippen molar-refractivity contribution in [3.63, 3.8) is 0 Å². The van der Waals surface area contributed by atoms with E-state index >= 15 is 0 Å². The number of nitrogens with zero attached hydrogens (tertiary/aromatic N) is 1. The van der Waals surface area contributed by atoms with E-state index in [0.29, 0.717) is 5.41 Å². The van der Waals surface area contributed by atoms with Gasteiger partial charge in [0.1, 0.15) is 13.1 Å². The minimum absolute atomic E-state index is 0.484. The molecule has 0 radical (unpaired) electrons. The van der Waals surface area contributed by atoms with Gasteiger partial charge in [-0.25, -0.2) is 4.58 Å². The van der Waals surface area contributed by atoms with Crippen molar-refractivity contribution in [2.75, 3.05) is 13.1 Å². The third kappa shape index (κ3) is 1.53. The Hall–Kier alpha value is -0.330. The van der Waals surface area contributed by atoms with Crippen molar-refractivity contribution in [2.24, 2.45) is 11.3 Å². The van der Waals surface area contributed by atoms with Gasteiger partial charge in [-0.1, -0.05) is 20.8 Å². The van der Waals surface area contributed by atoms with Gasteiger partial charge < -0.3 is 0 Å². The van der Waals surface area contributed by atoms with E-state index in [1.807, 2.05) is 0 Å². The molecule has 1 unspecified atom stereocenters. The SMILES string of the molecule is CC1CCC[N+]2=C1C(C)(C)CCC2. The van der Waals surface area contributed by atoms with Crippen LogP contribution in [-0.2, 0) is 0 Å². The molecule has 13 heavy (non-hydrogen) atoms. The highest BCUT2D eigenvalue weighted by Gasteiger charge is 2.41. The highest BCUT2D eigenvalue weighted by atomic mass is 15.0. The van der Waals surface area contributed by atoms with E-state index in [0.717, 1.165) is 5.92 Å². The van der Waals surface area contributed by atoms with Crippen LogP contribution in [0.2, 0.25) is 0 Å². The minimum atomic E-state index is 0.484. The van der Waals surface area contributed by atoms with Gasteiger partial charge in [0.2, 0.25) is 0 Å². The average Bonchev–Trinajstić information content (AvgIpc) is 2.02. The molecule has 74 valence electrons. The van der Waals surface area contributed by atoms with Crippen LogP contribution in [0.3, 0.4) is 0 Å². The summed E-state index contributed by atoms with van der Waals surface area (Å²) >= 11 is 0. The molecule has 0 N–H and O–H groups in total. The second-order valence-corrected chi connectivity index (χ2v) is 5.40. The van der Waals surface area contributed by atoms with E-state index in [4.69, 9.17) is 0 Å². The average molecular weight is 180 g/mol. The van der Waals surface area contributed by atoms with E-state index in [9.17, 15) is 0 Å². The Labute approximate surface area is 81.8 Å². The fourth-order valence-corrected chi connectivity index (χ4v) is 3.32. The predicted molar refractivity (Wildman–Crippen MR) is 56.4 cm³/mol. The van der Waals surface area contributed by atoms with Crippen molar-refractivity contribution >= 4 is 5.71 Å². The summed E-state index contributed by atoms with van der Waals surface area (Å²) in [5, 5.41) is 0. The van der Waals surface area contributed by atoms with Crippen molar-refractivity contribution in [1.82, 2.24) is 0 Å². The van der Waals surface area contributed by atoms with Crippen molar-refractivity contribution in [1.29, 1.82) is 0 Å². The molecule has 0 bridgehead atoms. The van der Waals surface area contributed by atoms with Crippen LogP contribution >= 0.6 is 0 Å². The molecule has 1 atom stereocenters. The van der Waals surface area contributed by atoms with Crippen LogP contribution < -0.4 is 0 Å². The summed E-state index contributed by atoms with van der Waals surface area (Å²) in [6, 6.07) is 0. The first-order chi connectivity index (χ1) is 6.11. The third-order valence-electron chi connectivity index (χ3n) is 3.80. The van der Waals surface area contributed by atoms with Crippen molar-refractivity contribution in [3.05, 3.63) is 0 Å². The smallest absolute Gasteiger partial charge is 0.160 e. The number of hydrogen-bond acceptors (Lipinski definition) is 0. The van der Waals surface area contributed by atoms with E-state index < -0.39 is 0 Å². The molecule has 2 heterocycles. The summed E-state index contributed by atoms with van der Waals surface area (Å²) in [5.74, 6) is 0.837. The van der Waals surface area contributed by atoms with Gasteiger partial charge in [0.15, 0.2) is 5.71 Å². The Morgan fingerprint density at radius 2 is 1.92 bits per heavy atom. The van der Waals surface area contributed by atoms with Crippen LogP contribution in [0.25, 0.3) is 0 Å². The summed E-state index contributed by atoms with van der Waals surface area (Å²) in [6.07, 6.45) is 5.60. The number of rotatable bonds is 0. The molecule has 1 nitrogen and oxygen atoms in total. The number of hydrogen-bond donors (Lipinski definition) is 0. The Kier molecular flexibility index (Phi) is 2.21. The normalized spacial score (nSPS) is 33.0. The lowest BCUT2D eigenvalue weighted by Crippen LogP contribution is -2.45. The Bertz CT molecular complexity index is 234. The zero-order chi connectivity index (χ0) is 9.47. The first-order valence-corrected chi connectivity index (χ1v) is 5.73. The fourth-order valence-electron chi connectivity index (χ4n) is 3.32. The van der Waals surface area contributed by atoms with E-state index in [2.05, 4.69) is 25.3 Å². The lowest BCUT2D eigenvalue weighted by Gasteiger charge is -2.35. The van der Waals surface area contributed by atoms with Gasteiger partial charge >= 0.3 is 0 Å². The molecule has 0 aromatic carbocycles. The van der Waals surface area contributed by atoms with Gasteiger partial charge in [-0.3, -0.25) is 0 Å². The fraction of sp³-hybridized carbons (Fsp3) is 0.917. The summed E-state index contributed by atoms with van der Waals surface area (Å²) < 4.78 is 2.66. The van der Waals surface area contributed by atoms with Crippen LogP contribution in [0.4, 0.5) is 0 Å². The predicted octanol–water partition coefficient (Wildman–Crippen LogP) is 2.69. The largest absolute Gasteiger partial charge is 0.236 e. The topological polar surface area (TPSA) is 3.01 Å². The summed E-state index contributed by atoms with van der Waals surface area (Å²) in [5.41, 5.74) is 2.24. The Morgan fingerprint density at radius 3 is 2.62 bits per heavy atom. The third-order valence-corrected chi connectivity index (χ3v) is 3.80. The molecule has 0 aromatic heterocycles. The Morgan fingerprint density at radius 1 is 1.23 bits per heavy atom. The molecule has 0 aliphatic carbocycles. The second kappa shape index (κ2) is 3.11. The van der Waals surface area contributed by atoms with E-state index in [1.165, 1.54) is 38.8 Å². The zero-order valence-corrected chi connectivity index (χ0v) is 9.27. The lowest BCUT2D eigenvalue weighted by atomic mass is 9.73. The molecule has 1 heteroatoms. The van der Waals surface area contributed by atoms with Gasteiger partial charge in [0, 0.05) is 24.2 Å². The maximum atomic E-state index is 2.66. The van der Waals surface area contributed by atoms with E-state index in [-0.39, 0.29) is 0 Å². The van der Waals surface area contributed by atoms with Crippen molar-refractivity contribution in [2.45, 2.75) is 46.5 Å². The van der Waals surface area contributed by atoms with E-state index in [1.54, 1.807) is 5.71 Å². The second-order valence-electron chi connectivity index (χ2n) is 5.40. The quantitative estimate of drug-likeness (QED) is 0.504. The van der Waals surface area contributed by atoms with Crippen LogP contribution in [0.15, 0.2) is 0 Å². The van der Waals surface area contributed by atoms with Crippen molar-refractivity contribution in [3.8, 4) is 0 Å². The maximum Gasteiger partial charge on any atom is 0.160 e. The van der Waals surface area contributed by atoms with Gasteiger partial charge in [-0.05, 0) is 12.8 Å². The van der Waals surface area contributed by atoms with Gasteiger partial charge in [0.05, 0.1) is 0 Å². The summed E-state index contributed by atoms with van der Waals surface area (Å²) in [7, 11) is 0. The maximum absolute atomic E-state index is 2.66. The molecule has 2 rings (SSSR count). The molecular formula is C12H22N+. The van der Waals surface area contributed by atoms with Crippen molar-refractivity contribution < 1.29 is 4.58 Å². The molecule has 0 aromatic rings. The van der Waals surface area contributed by atoms with Crippen LogP contribution in [-0.4, -0.2) is 23.4 Å². The molecule has 2 aliphatic heterocycles. The molecule has 0 spiro atoms. The van der Waals surface area contributed by atoms with Gasteiger partial charge in [-0.2, -0.15) is 0 Å². The summed E-state index contributed by atoms with van der Waals surface area (Å²) in [4.78, 5) is 0. The highest BCUT2D eigenvalue weighted by Crippen LogP contribution is 2.34. The van der Waals surface area contributed by atoms with Crippen LogP contribution in [0.1, 0.15) is 46.5 Å².